The minimum absolute atomic E-state index is 0.430. The van der Waals surface area contributed by atoms with E-state index in [0.29, 0.717) is 12.2 Å². The molecule has 27 heavy (non-hydrogen) atoms. The van der Waals surface area contributed by atoms with Gasteiger partial charge in [-0.2, -0.15) is 0 Å². The van der Waals surface area contributed by atoms with Gasteiger partial charge in [-0.25, -0.2) is 0 Å². The fraction of sp³-hybridized carbons (Fsp3) is 0.545. The molecule has 2 fully saturated rings. The highest BCUT2D eigenvalue weighted by Crippen LogP contribution is 2.22. The average Bonchev–Trinajstić information content (AvgIpc) is 2.73. The Balaban J connectivity index is 1.15. The number of hydrogen-bond donors (Lipinski definition) is 0. The van der Waals surface area contributed by atoms with Gasteiger partial charge < -0.3 is 4.74 Å². The first-order valence-corrected chi connectivity index (χ1v) is 10.2. The van der Waals surface area contributed by atoms with Crippen molar-refractivity contribution in [1.29, 1.82) is 0 Å². The largest absolute Gasteiger partial charge is 0.375 e. The van der Waals surface area contributed by atoms with E-state index in [-0.39, 0.29) is 0 Å². The maximum atomic E-state index is 6.45. The molecule has 0 saturated carbocycles. The second kappa shape index (κ2) is 9.40. The highest BCUT2D eigenvalue weighted by molar-refractivity contribution is 5.08. The van der Waals surface area contributed by atoms with E-state index in [1.54, 1.807) is 0 Å². The lowest BCUT2D eigenvalue weighted by atomic mass is 10.0. The van der Waals surface area contributed by atoms with Gasteiger partial charge in [0, 0.05) is 57.9 Å². The Hall–Kier alpha value is -1.82. The van der Waals surface area contributed by atoms with Crippen LogP contribution in [0.15, 0.2) is 48.9 Å². The van der Waals surface area contributed by atoms with Crippen LogP contribution >= 0.6 is 0 Å². The number of rotatable bonds is 6. The van der Waals surface area contributed by atoms with E-state index in [1.807, 2.05) is 30.7 Å². The van der Waals surface area contributed by atoms with E-state index in [1.165, 1.54) is 5.56 Å². The van der Waals surface area contributed by atoms with Crippen molar-refractivity contribution < 1.29 is 4.74 Å². The molecule has 0 aliphatic carbocycles. The van der Waals surface area contributed by atoms with Crippen molar-refractivity contribution in [1.82, 2.24) is 19.8 Å². The Bertz CT molecular complexity index is 606. The first kappa shape index (κ1) is 18.5. The van der Waals surface area contributed by atoms with Crippen LogP contribution in [0.2, 0.25) is 0 Å². The molecule has 4 heterocycles. The molecule has 0 aromatic carbocycles. The van der Waals surface area contributed by atoms with Gasteiger partial charge in [0.2, 0.25) is 0 Å². The SMILES string of the molecule is c1ccc(CN2CCC(OC3CCN(Cc4cccnc4)CC3)CC2)nc1. The minimum atomic E-state index is 0.430. The number of piperidine rings is 2. The van der Waals surface area contributed by atoms with Gasteiger partial charge in [-0.1, -0.05) is 12.1 Å². The number of likely N-dealkylation sites (tertiary alicyclic amines) is 2. The van der Waals surface area contributed by atoms with Crippen LogP contribution in [-0.2, 0) is 17.8 Å². The van der Waals surface area contributed by atoms with E-state index >= 15 is 0 Å². The van der Waals surface area contributed by atoms with E-state index in [2.05, 4.69) is 38.0 Å². The van der Waals surface area contributed by atoms with Gasteiger partial charge in [0.25, 0.3) is 0 Å². The number of hydrogen-bond acceptors (Lipinski definition) is 5. The third kappa shape index (κ3) is 5.58. The summed E-state index contributed by atoms with van der Waals surface area (Å²) in [4.78, 5) is 13.7. The van der Waals surface area contributed by atoms with Crippen LogP contribution in [0.3, 0.4) is 0 Å². The normalized spacial score (nSPS) is 20.7. The smallest absolute Gasteiger partial charge is 0.0603 e. The predicted molar refractivity (Wildman–Crippen MR) is 106 cm³/mol. The maximum Gasteiger partial charge on any atom is 0.0603 e. The van der Waals surface area contributed by atoms with Crippen molar-refractivity contribution in [2.75, 3.05) is 26.2 Å². The zero-order valence-corrected chi connectivity index (χ0v) is 16.0. The molecule has 0 N–H and O–H groups in total. The predicted octanol–water partition coefficient (Wildman–Crippen LogP) is 3.12. The van der Waals surface area contributed by atoms with Crippen LogP contribution in [0.25, 0.3) is 0 Å². The summed E-state index contributed by atoms with van der Waals surface area (Å²) in [5.41, 5.74) is 2.47. The van der Waals surface area contributed by atoms with Gasteiger partial charge in [-0.05, 0) is 49.4 Å². The summed E-state index contributed by atoms with van der Waals surface area (Å²) in [5, 5.41) is 0. The van der Waals surface area contributed by atoms with Crippen LogP contribution in [0, 0.1) is 0 Å². The van der Waals surface area contributed by atoms with E-state index < -0.39 is 0 Å². The molecular formula is C22H30N4O. The van der Waals surface area contributed by atoms with Gasteiger partial charge in [-0.15, -0.1) is 0 Å². The Morgan fingerprint density at radius 1 is 0.815 bits per heavy atom. The molecule has 4 rings (SSSR count). The van der Waals surface area contributed by atoms with E-state index in [0.717, 1.165) is 70.6 Å². The van der Waals surface area contributed by atoms with Gasteiger partial charge in [0.05, 0.1) is 17.9 Å². The van der Waals surface area contributed by atoms with E-state index in [4.69, 9.17) is 4.74 Å². The second-order valence-corrected chi connectivity index (χ2v) is 7.77. The number of ether oxygens (including phenoxy) is 1. The Labute approximate surface area is 162 Å². The van der Waals surface area contributed by atoms with Gasteiger partial charge in [-0.3, -0.25) is 19.8 Å². The standard InChI is InChI=1S/C22H30N4O/c1-2-11-24-20(5-1)18-26-14-8-22(9-15-26)27-21-6-12-25(13-7-21)17-19-4-3-10-23-16-19/h1-5,10-11,16,21-22H,6-9,12-15,17-18H2. The number of nitrogens with zero attached hydrogens (tertiary/aromatic N) is 4. The van der Waals surface area contributed by atoms with Gasteiger partial charge in [0.1, 0.15) is 0 Å². The molecule has 0 spiro atoms. The van der Waals surface area contributed by atoms with Gasteiger partial charge in [0.15, 0.2) is 0 Å². The molecule has 5 nitrogen and oxygen atoms in total. The molecule has 0 amide bonds. The molecular weight excluding hydrogens is 336 g/mol. The zero-order chi connectivity index (χ0) is 18.3. The molecule has 2 aromatic heterocycles. The second-order valence-electron chi connectivity index (χ2n) is 7.77. The molecule has 2 aromatic rings. The minimum Gasteiger partial charge on any atom is -0.375 e. The van der Waals surface area contributed by atoms with Crippen molar-refractivity contribution in [2.24, 2.45) is 0 Å². The summed E-state index contributed by atoms with van der Waals surface area (Å²) in [6, 6.07) is 10.3. The average molecular weight is 367 g/mol. The molecule has 0 unspecified atom stereocenters. The van der Waals surface area contributed by atoms with E-state index in [9.17, 15) is 0 Å². The monoisotopic (exact) mass is 366 g/mol. The van der Waals surface area contributed by atoms with Crippen LogP contribution in [0.1, 0.15) is 36.9 Å². The summed E-state index contributed by atoms with van der Waals surface area (Å²) in [6.07, 6.45) is 11.1. The van der Waals surface area contributed by atoms with Crippen LogP contribution in [0.5, 0.6) is 0 Å². The Morgan fingerprint density at radius 3 is 2.11 bits per heavy atom. The van der Waals surface area contributed by atoms with Crippen molar-refractivity contribution in [2.45, 2.75) is 51.0 Å². The summed E-state index contributed by atoms with van der Waals surface area (Å²) >= 11 is 0. The van der Waals surface area contributed by atoms with Crippen molar-refractivity contribution in [3.63, 3.8) is 0 Å². The maximum absolute atomic E-state index is 6.45. The molecule has 0 bridgehead atoms. The Kier molecular flexibility index (Phi) is 6.45. The quantitative estimate of drug-likeness (QED) is 0.786. The number of aromatic nitrogens is 2. The topological polar surface area (TPSA) is 41.5 Å². The molecule has 0 atom stereocenters. The summed E-state index contributed by atoms with van der Waals surface area (Å²) in [7, 11) is 0. The lowest BCUT2D eigenvalue weighted by Crippen LogP contribution is -2.41. The highest BCUT2D eigenvalue weighted by Gasteiger charge is 2.26. The summed E-state index contributed by atoms with van der Waals surface area (Å²) in [6.45, 7) is 6.44. The fourth-order valence-electron chi connectivity index (χ4n) is 4.15. The fourth-order valence-corrected chi connectivity index (χ4v) is 4.15. The lowest BCUT2D eigenvalue weighted by Gasteiger charge is -2.37. The molecule has 5 heteroatoms. The first-order chi connectivity index (χ1) is 13.3. The summed E-state index contributed by atoms with van der Waals surface area (Å²) in [5.74, 6) is 0. The third-order valence-corrected chi connectivity index (χ3v) is 5.69. The first-order valence-electron chi connectivity index (χ1n) is 10.2. The number of pyridine rings is 2. The molecule has 2 aliphatic rings. The third-order valence-electron chi connectivity index (χ3n) is 5.69. The zero-order valence-electron chi connectivity index (χ0n) is 16.0. The summed E-state index contributed by atoms with van der Waals surface area (Å²) < 4.78 is 6.45. The van der Waals surface area contributed by atoms with Crippen LogP contribution in [0.4, 0.5) is 0 Å². The molecule has 2 aliphatic heterocycles. The van der Waals surface area contributed by atoms with Crippen molar-refractivity contribution in [3.8, 4) is 0 Å². The van der Waals surface area contributed by atoms with Crippen molar-refractivity contribution in [3.05, 3.63) is 60.2 Å². The molecule has 144 valence electrons. The van der Waals surface area contributed by atoms with Gasteiger partial charge >= 0.3 is 0 Å². The highest BCUT2D eigenvalue weighted by atomic mass is 16.5. The lowest BCUT2D eigenvalue weighted by molar-refractivity contribution is -0.0664. The van der Waals surface area contributed by atoms with Crippen molar-refractivity contribution >= 4 is 0 Å². The molecule has 2 saturated heterocycles. The van der Waals surface area contributed by atoms with Crippen LogP contribution in [-0.4, -0.2) is 58.2 Å². The Morgan fingerprint density at radius 2 is 1.52 bits per heavy atom. The van der Waals surface area contributed by atoms with Crippen LogP contribution < -0.4 is 0 Å². The molecule has 0 radical (unpaired) electrons.